The van der Waals surface area contributed by atoms with Gasteiger partial charge in [-0.25, -0.2) is 0 Å². The van der Waals surface area contributed by atoms with E-state index >= 15 is 0 Å². The second kappa shape index (κ2) is 5.68. The van der Waals surface area contributed by atoms with Gasteiger partial charge >= 0.3 is 0 Å². The molecule has 3 N–H and O–H groups in total. The molecule has 2 aliphatic rings. The van der Waals surface area contributed by atoms with Crippen molar-refractivity contribution in [2.75, 3.05) is 6.54 Å². The molecule has 1 heterocycles. The van der Waals surface area contributed by atoms with E-state index in [1.807, 2.05) is 6.07 Å². The lowest BCUT2D eigenvalue weighted by atomic mass is 10.0. The molecule has 0 radical (unpaired) electrons. The van der Waals surface area contributed by atoms with Gasteiger partial charge < -0.3 is 15.8 Å². The third-order valence-corrected chi connectivity index (χ3v) is 4.93. The van der Waals surface area contributed by atoms with Gasteiger partial charge in [0.15, 0.2) is 6.10 Å². The first-order valence-electron chi connectivity index (χ1n) is 7.85. The largest absolute Gasteiger partial charge is 0.480 e. The summed E-state index contributed by atoms with van der Waals surface area (Å²) in [5.74, 6) is 1.29. The molecule has 1 aromatic carbocycles. The van der Waals surface area contributed by atoms with Crippen molar-refractivity contribution in [2.45, 2.75) is 51.7 Å². The predicted molar refractivity (Wildman–Crippen MR) is 82.4 cm³/mol. The van der Waals surface area contributed by atoms with Crippen molar-refractivity contribution in [1.29, 1.82) is 0 Å². The highest BCUT2D eigenvalue weighted by molar-refractivity contribution is 5.83. The summed E-state index contributed by atoms with van der Waals surface area (Å²) in [7, 11) is 0. The average Bonchev–Trinajstić information content (AvgIpc) is 3.05. The Morgan fingerprint density at radius 2 is 2.10 bits per heavy atom. The van der Waals surface area contributed by atoms with E-state index in [1.54, 1.807) is 0 Å². The zero-order valence-electron chi connectivity index (χ0n) is 12.8. The molecule has 1 aliphatic heterocycles. The van der Waals surface area contributed by atoms with Crippen LogP contribution in [0.3, 0.4) is 0 Å². The molecule has 114 valence electrons. The Morgan fingerprint density at radius 1 is 1.33 bits per heavy atom. The number of ether oxygens (including phenoxy) is 1. The van der Waals surface area contributed by atoms with Crippen LogP contribution in [-0.2, 0) is 11.2 Å². The average molecular weight is 288 g/mol. The van der Waals surface area contributed by atoms with E-state index in [0.29, 0.717) is 18.9 Å². The third-order valence-electron chi connectivity index (χ3n) is 4.93. The Bertz CT molecular complexity index is 525. The molecular formula is C17H24N2O2. The number of hydrogen-bond acceptors (Lipinski definition) is 3. The van der Waals surface area contributed by atoms with Crippen LogP contribution >= 0.6 is 0 Å². The molecule has 0 saturated heterocycles. The molecular weight excluding hydrogens is 264 g/mol. The quantitative estimate of drug-likeness (QED) is 0.892. The van der Waals surface area contributed by atoms with Gasteiger partial charge in [0, 0.05) is 12.5 Å². The first kappa shape index (κ1) is 14.4. The molecule has 0 aromatic heterocycles. The summed E-state index contributed by atoms with van der Waals surface area (Å²) >= 11 is 0. The van der Waals surface area contributed by atoms with Crippen LogP contribution < -0.4 is 15.8 Å². The number of amides is 1. The molecule has 4 heteroatoms. The van der Waals surface area contributed by atoms with Crippen molar-refractivity contribution in [3.8, 4) is 5.75 Å². The smallest absolute Gasteiger partial charge is 0.261 e. The van der Waals surface area contributed by atoms with Crippen molar-refractivity contribution in [3.63, 3.8) is 0 Å². The van der Waals surface area contributed by atoms with Gasteiger partial charge in [-0.15, -0.1) is 0 Å². The number of aryl methyl sites for hydroxylation is 2. The number of hydrogen-bond donors (Lipinski definition) is 2. The van der Waals surface area contributed by atoms with Crippen LogP contribution in [0.25, 0.3) is 0 Å². The van der Waals surface area contributed by atoms with Crippen LogP contribution in [0, 0.1) is 19.8 Å². The fraction of sp³-hybridized carbons (Fsp3) is 0.588. The number of nitrogens with two attached hydrogens (primary N) is 1. The third kappa shape index (κ3) is 2.77. The molecule has 1 saturated carbocycles. The molecule has 4 nitrogen and oxygen atoms in total. The Labute approximate surface area is 126 Å². The first-order chi connectivity index (χ1) is 10.1. The summed E-state index contributed by atoms with van der Waals surface area (Å²) in [6.07, 6.45) is 3.58. The van der Waals surface area contributed by atoms with Gasteiger partial charge in [0.1, 0.15) is 5.75 Å². The molecule has 21 heavy (non-hydrogen) atoms. The number of carbonyl (C=O) groups excluding carboxylic acids is 1. The Morgan fingerprint density at radius 3 is 2.86 bits per heavy atom. The van der Waals surface area contributed by atoms with Gasteiger partial charge in [-0.1, -0.05) is 12.5 Å². The molecule has 0 spiro atoms. The van der Waals surface area contributed by atoms with Crippen LogP contribution in [0.1, 0.15) is 36.0 Å². The zero-order valence-corrected chi connectivity index (χ0v) is 12.8. The Kier molecular flexibility index (Phi) is 3.89. The van der Waals surface area contributed by atoms with E-state index in [4.69, 9.17) is 10.5 Å². The van der Waals surface area contributed by atoms with Crippen LogP contribution in [0.2, 0.25) is 0 Å². The highest BCUT2D eigenvalue weighted by Gasteiger charge is 2.33. The highest BCUT2D eigenvalue weighted by Crippen LogP contribution is 2.32. The van der Waals surface area contributed by atoms with E-state index in [1.165, 1.54) is 11.1 Å². The van der Waals surface area contributed by atoms with Gasteiger partial charge in [0.05, 0.1) is 0 Å². The summed E-state index contributed by atoms with van der Waals surface area (Å²) in [6.45, 7) is 4.80. The molecule has 1 aliphatic carbocycles. The topological polar surface area (TPSA) is 64.3 Å². The van der Waals surface area contributed by atoms with Crippen LogP contribution in [0.5, 0.6) is 5.75 Å². The van der Waals surface area contributed by atoms with Crippen molar-refractivity contribution in [3.05, 3.63) is 28.8 Å². The van der Waals surface area contributed by atoms with Gasteiger partial charge in [0.2, 0.25) is 0 Å². The molecule has 3 rings (SSSR count). The summed E-state index contributed by atoms with van der Waals surface area (Å²) in [6, 6.07) is 4.39. The van der Waals surface area contributed by atoms with Crippen LogP contribution in [0.4, 0.5) is 0 Å². The normalized spacial score (nSPS) is 27.3. The minimum absolute atomic E-state index is 0.00635. The number of nitrogens with one attached hydrogen (secondary N) is 1. The summed E-state index contributed by atoms with van der Waals surface area (Å²) in [4.78, 5) is 12.4. The minimum atomic E-state index is -0.389. The van der Waals surface area contributed by atoms with E-state index < -0.39 is 0 Å². The highest BCUT2D eigenvalue weighted by atomic mass is 16.5. The molecule has 1 fully saturated rings. The fourth-order valence-corrected chi connectivity index (χ4v) is 3.44. The summed E-state index contributed by atoms with van der Waals surface area (Å²) in [5, 5.41) is 3.14. The molecule has 1 aromatic rings. The van der Waals surface area contributed by atoms with Crippen LogP contribution in [-0.4, -0.2) is 24.6 Å². The maximum atomic E-state index is 12.4. The number of carbonyl (C=O) groups is 1. The molecule has 0 bridgehead atoms. The van der Waals surface area contributed by atoms with E-state index in [-0.39, 0.29) is 18.1 Å². The maximum absolute atomic E-state index is 12.4. The van der Waals surface area contributed by atoms with Crippen molar-refractivity contribution >= 4 is 5.91 Å². The SMILES string of the molecule is Cc1cc2c(cc1C)O[C@H](C(=O)N[C@@H]1CCC[C@H]1CN)C2. The van der Waals surface area contributed by atoms with Gasteiger partial charge in [-0.05, 0) is 61.9 Å². The van der Waals surface area contributed by atoms with Crippen molar-refractivity contribution in [1.82, 2.24) is 5.32 Å². The van der Waals surface area contributed by atoms with E-state index in [9.17, 15) is 4.79 Å². The number of rotatable bonds is 3. The lowest BCUT2D eigenvalue weighted by Gasteiger charge is -2.21. The lowest BCUT2D eigenvalue weighted by molar-refractivity contribution is -0.128. The Balaban J connectivity index is 1.65. The summed E-state index contributed by atoms with van der Waals surface area (Å²) in [5.41, 5.74) is 9.36. The maximum Gasteiger partial charge on any atom is 0.261 e. The second-order valence-corrected chi connectivity index (χ2v) is 6.40. The first-order valence-corrected chi connectivity index (χ1v) is 7.85. The summed E-state index contributed by atoms with van der Waals surface area (Å²) < 4.78 is 5.84. The number of fused-ring (bicyclic) bond motifs is 1. The molecule has 3 atom stereocenters. The zero-order chi connectivity index (χ0) is 15.0. The monoisotopic (exact) mass is 288 g/mol. The predicted octanol–water partition coefficient (Wildman–Crippen LogP) is 1.85. The van der Waals surface area contributed by atoms with Crippen molar-refractivity contribution < 1.29 is 9.53 Å². The van der Waals surface area contributed by atoms with Crippen molar-refractivity contribution in [2.24, 2.45) is 11.7 Å². The molecule has 1 amide bonds. The van der Waals surface area contributed by atoms with Gasteiger partial charge in [0.25, 0.3) is 5.91 Å². The molecule has 0 unspecified atom stereocenters. The number of benzene rings is 1. The van der Waals surface area contributed by atoms with Gasteiger partial charge in [-0.3, -0.25) is 4.79 Å². The minimum Gasteiger partial charge on any atom is -0.480 e. The Hall–Kier alpha value is -1.55. The van der Waals surface area contributed by atoms with E-state index in [0.717, 1.165) is 30.6 Å². The fourth-order valence-electron chi connectivity index (χ4n) is 3.44. The standard InChI is InChI=1S/C17H24N2O2/c1-10-6-13-8-16(21-15(13)7-11(10)2)17(20)19-14-5-3-4-12(14)9-18/h6-7,12,14,16H,3-5,8-9,18H2,1-2H3,(H,19,20)/t12-,14+,16-/m0/s1. The van der Waals surface area contributed by atoms with Crippen LogP contribution in [0.15, 0.2) is 12.1 Å². The van der Waals surface area contributed by atoms with Gasteiger partial charge in [-0.2, -0.15) is 0 Å². The second-order valence-electron chi connectivity index (χ2n) is 6.40. The lowest BCUT2D eigenvalue weighted by Crippen LogP contribution is -2.46. The van der Waals surface area contributed by atoms with E-state index in [2.05, 4.69) is 25.2 Å².